The Morgan fingerprint density at radius 3 is 2.72 bits per heavy atom. The number of rotatable bonds is 4. The van der Waals surface area contributed by atoms with Crippen LogP contribution in [0.3, 0.4) is 0 Å². The van der Waals surface area contributed by atoms with Crippen molar-refractivity contribution in [1.82, 2.24) is 10.3 Å². The summed E-state index contributed by atoms with van der Waals surface area (Å²) in [7, 11) is 0. The van der Waals surface area contributed by atoms with Crippen molar-refractivity contribution >= 4 is 27.3 Å². The molecule has 2 aromatic rings. The molecule has 1 aromatic carbocycles. The van der Waals surface area contributed by atoms with Crippen molar-refractivity contribution < 1.29 is 0 Å². The Kier molecular flexibility index (Phi) is 4.54. The lowest BCUT2D eigenvalue weighted by molar-refractivity contribution is 0.625. The Balaban J connectivity index is 2.37. The highest BCUT2D eigenvalue weighted by molar-refractivity contribution is 9.10. The van der Waals surface area contributed by atoms with Crippen molar-refractivity contribution in [2.75, 3.05) is 6.54 Å². The molecule has 0 fully saturated rings. The van der Waals surface area contributed by atoms with Gasteiger partial charge in [-0.3, -0.25) is 0 Å². The maximum atomic E-state index is 4.60. The fraction of sp³-hybridized carbons (Fsp3) is 0.357. The lowest BCUT2D eigenvalue weighted by Gasteiger charge is -2.16. The molecule has 4 heteroatoms. The zero-order chi connectivity index (χ0) is 13.1. The summed E-state index contributed by atoms with van der Waals surface area (Å²) in [5, 5.41) is 6.75. The van der Waals surface area contributed by atoms with Crippen LogP contribution < -0.4 is 5.32 Å². The Bertz CT molecular complexity index is 536. The summed E-state index contributed by atoms with van der Waals surface area (Å²) in [6.45, 7) is 7.21. The van der Waals surface area contributed by atoms with Crippen LogP contribution in [0.2, 0.25) is 0 Å². The highest BCUT2D eigenvalue weighted by Crippen LogP contribution is 2.27. The zero-order valence-corrected chi connectivity index (χ0v) is 13.2. The molecule has 1 aromatic heterocycles. The fourth-order valence-electron chi connectivity index (χ4n) is 1.90. The molecule has 0 bridgehead atoms. The SMILES string of the molecule is CCNC(c1ccc(Br)c(C)c1)c1nc(C)cs1. The molecule has 1 unspecified atom stereocenters. The number of hydrogen-bond donors (Lipinski definition) is 1. The largest absolute Gasteiger partial charge is 0.305 e. The van der Waals surface area contributed by atoms with Gasteiger partial charge in [0.05, 0.1) is 6.04 Å². The molecule has 1 atom stereocenters. The Morgan fingerprint density at radius 1 is 1.39 bits per heavy atom. The van der Waals surface area contributed by atoms with E-state index >= 15 is 0 Å². The molecular weight excluding hydrogens is 308 g/mol. The maximum Gasteiger partial charge on any atom is 0.114 e. The summed E-state index contributed by atoms with van der Waals surface area (Å²) in [4.78, 5) is 4.60. The zero-order valence-electron chi connectivity index (χ0n) is 10.8. The first-order valence-corrected chi connectivity index (χ1v) is 7.70. The van der Waals surface area contributed by atoms with E-state index in [2.05, 4.69) is 63.7 Å². The van der Waals surface area contributed by atoms with Gasteiger partial charge in [0.2, 0.25) is 0 Å². The first-order chi connectivity index (χ1) is 8.61. The van der Waals surface area contributed by atoms with E-state index < -0.39 is 0 Å². The predicted molar refractivity (Wildman–Crippen MR) is 81.2 cm³/mol. The molecule has 0 aliphatic heterocycles. The van der Waals surface area contributed by atoms with Gasteiger partial charge in [-0.25, -0.2) is 4.98 Å². The van der Waals surface area contributed by atoms with Gasteiger partial charge in [0.25, 0.3) is 0 Å². The van der Waals surface area contributed by atoms with E-state index in [0.717, 1.165) is 21.7 Å². The molecule has 96 valence electrons. The summed E-state index contributed by atoms with van der Waals surface area (Å²) < 4.78 is 1.15. The third-order valence-corrected chi connectivity index (χ3v) is 4.72. The van der Waals surface area contributed by atoms with Gasteiger partial charge in [0.15, 0.2) is 0 Å². The number of hydrogen-bond acceptors (Lipinski definition) is 3. The van der Waals surface area contributed by atoms with Gasteiger partial charge in [-0.1, -0.05) is 35.0 Å². The molecule has 2 rings (SSSR count). The number of halogens is 1. The number of aryl methyl sites for hydroxylation is 2. The number of nitrogens with zero attached hydrogens (tertiary/aromatic N) is 1. The van der Waals surface area contributed by atoms with Gasteiger partial charge in [-0.2, -0.15) is 0 Å². The van der Waals surface area contributed by atoms with Gasteiger partial charge < -0.3 is 5.32 Å². The summed E-state index contributed by atoms with van der Waals surface area (Å²) in [6, 6.07) is 6.67. The van der Waals surface area contributed by atoms with Crippen LogP contribution in [0.1, 0.15) is 34.8 Å². The van der Waals surface area contributed by atoms with E-state index in [9.17, 15) is 0 Å². The van der Waals surface area contributed by atoms with Crippen LogP contribution in [-0.2, 0) is 0 Å². The smallest absolute Gasteiger partial charge is 0.114 e. The third-order valence-electron chi connectivity index (χ3n) is 2.81. The molecule has 1 heterocycles. The second-order valence-corrected chi connectivity index (χ2v) is 6.07. The van der Waals surface area contributed by atoms with Gasteiger partial charge in [0.1, 0.15) is 5.01 Å². The summed E-state index contributed by atoms with van der Waals surface area (Å²) >= 11 is 5.26. The highest BCUT2D eigenvalue weighted by Gasteiger charge is 2.16. The average molecular weight is 325 g/mol. The monoisotopic (exact) mass is 324 g/mol. The van der Waals surface area contributed by atoms with Crippen LogP contribution >= 0.6 is 27.3 Å². The second-order valence-electron chi connectivity index (χ2n) is 4.33. The first-order valence-electron chi connectivity index (χ1n) is 6.03. The van der Waals surface area contributed by atoms with Crippen molar-refractivity contribution in [2.45, 2.75) is 26.8 Å². The van der Waals surface area contributed by atoms with Gasteiger partial charge in [-0.15, -0.1) is 11.3 Å². The minimum absolute atomic E-state index is 0.195. The lowest BCUT2D eigenvalue weighted by Crippen LogP contribution is -2.22. The maximum absolute atomic E-state index is 4.60. The molecule has 0 amide bonds. The summed E-state index contributed by atoms with van der Waals surface area (Å²) in [5.74, 6) is 0. The lowest BCUT2D eigenvalue weighted by atomic mass is 10.0. The average Bonchev–Trinajstić information content (AvgIpc) is 2.76. The number of nitrogens with one attached hydrogen (secondary N) is 1. The molecule has 0 aliphatic rings. The van der Waals surface area contributed by atoms with Gasteiger partial charge in [0, 0.05) is 15.5 Å². The Hall–Kier alpha value is -0.710. The second kappa shape index (κ2) is 5.95. The van der Waals surface area contributed by atoms with Crippen LogP contribution in [0.15, 0.2) is 28.1 Å². The fourth-order valence-corrected chi connectivity index (χ4v) is 3.05. The normalized spacial score (nSPS) is 12.7. The third kappa shape index (κ3) is 2.99. The minimum atomic E-state index is 0.195. The molecule has 0 spiro atoms. The van der Waals surface area contributed by atoms with E-state index in [1.54, 1.807) is 11.3 Å². The summed E-state index contributed by atoms with van der Waals surface area (Å²) in [5.41, 5.74) is 3.61. The molecule has 0 saturated heterocycles. The minimum Gasteiger partial charge on any atom is -0.305 e. The van der Waals surface area contributed by atoms with E-state index in [0.29, 0.717) is 0 Å². The van der Waals surface area contributed by atoms with E-state index in [1.807, 2.05) is 6.92 Å². The Labute approximate surface area is 121 Å². The molecule has 0 saturated carbocycles. The van der Waals surface area contributed by atoms with Crippen LogP contribution in [-0.4, -0.2) is 11.5 Å². The summed E-state index contributed by atoms with van der Waals surface area (Å²) in [6.07, 6.45) is 0. The van der Waals surface area contributed by atoms with Crippen molar-refractivity contribution in [3.05, 3.63) is 49.9 Å². The van der Waals surface area contributed by atoms with Crippen molar-refractivity contribution in [1.29, 1.82) is 0 Å². The predicted octanol–water partition coefficient (Wildman–Crippen LogP) is 4.22. The van der Waals surface area contributed by atoms with E-state index in [4.69, 9.17) is 0 Å². The van der Waals surface area contributed by atoms with Crippen LogP contribution in [0.5, 0.6) is 0 Å². The van der Waals surface area contributed by atoms with Crippen molar-refractivity contribution in [2.24, 2.45) is 0 Å². The quantitative estimate of drug-likeness (QED) is 0.910. The van der Waals surface area contributed by atoms with Crippen molar-refractivity contribution in [3.63, 3.8) is 0 Å². The number of benzene rings is 1. The molecule has 0 aliphatic carbocycles. The van der Waals surface area contributed by atoms with Gasteiger partial charge >= 0.3 is 0 Å². The standard InChI is InChI=1S/C14H17BrN2S/c1-4-16-13(14-17-10(3)8-18-14)11-5-6-12(15)9(2)7-11/h5-8,13,16H,4H2,1-3H3. The molecule has 1 N–H and O–H groups in total. The number of aromatic nitrogens is 1. The molecule has 18 heavy (non-hydrogen) atoms. The van der Waals surface area contributed by atoms with Gasteiger partial charge in [-0.05, 0) is 37.6 Å². The Morgan fingerprint density at radius 2 is 2.17 bits per heavy atom. The van der Waals surface area contributed by atoms with E-state index in [1.165, 1.54) is 11.1 Å². The topological polar surface area (TPSA) is 24.9 Å². The van der Waals surface area contributed by atoms with Crippen molar-refractivity contribution in [3.8, 4) is 0 Å². The molecule has 0 radical (unpaired) electrons. The molecular formula is C14H17BrN2S. The molecule has 2 nitrogen and oxygen atoms in total. The number of thiazole rings is 1. The van der Waals surface area contributed by atoms with Crippen LogP contribution in [0, 0.1) is 13.8 Å². The highest BCUT2D eigenvalue weighted by atomic mass is 79.9. The first kappa shape index (κ1) is 13.7. The van der Waals surface area contributed by atoms with E-state index in [-0.39, 0.29) is 6.04 Å². The van der Waals surface area contributed by atoms with Crippen LogP contribution in [0.4, 0.5) is 0 Å². The van der Waals surface area contributed by atoms with Crippen LogP contribution in [0.25, 0.3) is 0 Å².